The van der Waals surface area contributed by atoms with E-state index in [2.05, 4.69) is 45.6 Å². The van der Waals surface area contributed by atoms with Gasteiger partial charge in [0.1, 0.15) is 13.2 Å². The zero-order chi connectivity index (χ0) is 18.6. The van der Waals surface area contributed by atoms with Gasteiger partial charge in [-0.25, -0.2) is 0 Å². The summed E-state index contributed by atoms with van der Waals surface area (Å²) >= 11 is 7.43. The van der Waals surface area contributed by atoms with Crippen LogP contribution in [-0.4, -0.2) is 55.7 Å². The van der Waals surface area contributed by atoms with Crippen molar-refractivity contribution in [3.8, 4) is 11.5 Å². The molecule has 0 atom stereocenters. The minimum atomic E-state index is 0.584. The molecule has 2 heterocycles. The van der Waals surface area contributed by atoms with E-state index >= 15 is 0 Å². The van der Waals surface area contributed by atoms with Gasteiger partial charge in [-0.3, -0.25) is 0 Å². The highest BCUT2D eigenvalue weighted by Crippen LogP contribution is 2.33. The number of ether oxygens (including phenoxy) is 2. The van der Waals surface area contributed by atoms with E-state index in [1.807, 2.05) is 18.2 Å². The molecule has 0 spiro atoms. The number of nitrogens with zero attached hydrogens (tertiary/aromatic N) is 2. The first-order chi connectivity index (χ1) is 13.2. The van der Waals surface area contributed by atoms with Crippen LogP contribution in [0.25, 0.3) is 0 Å². The molecule has 0 amide bonds. The number of piperazine rings is 1. The average Bonchev–Trinajstić information content (AvgIpc) is 2.73. The maximum atomic E-state index is 5.65. The first-order valence-electron chi connectivity index (χ1n) is 9.08. The largest absolute Gasteiger partial charge is 0.486 e. The topological polar surface area (TPSA) is 37.0 Å². The Balaban J connectivity index is 1.36. The zero-order valence-electron chi connectivity index (χ0n) is 15.3. The molecule has 0 bridgehead atoms. The second kappa shape index (κ2) is 8.27. The summed E-state index contributed by atoms with van der Waals surface area (Å²) in [4.78, 5) is 5.99. The van der Waals surface area contributed by atoms with Gasteiger partial charge in [0.25, 0.3) is 0 Å². The van der Waals surface area contributed by atoms with Crippen LogP contribution in [0.4, 0.5) is 11.4 Å². The molecule has 0 aromatic heterocycles. The number of rotatable bonds is 3. The van der Waals surface area contributed by atoms with E-state index in [0.717, 1.165) is 48.5 Å². The number of nitrogens with one attached hydrogen (secondary N) is 1. The van der Waals surface area contributed by atoms with E-state index in [-0.39, 0.29) is 0 Å². The van der Waals surface area contributed by atoms with Crippen LogP contribution in [0.1, 0.15) is 0 Å². The maximum Gasteiger partial charge on any atom is 0.173 e. The number of benzene rings is 2. The Morgan fingerprint density at radius 1 is 1.00 bits per heavy atom. The smallest absolute Gasteiger partial charge is 0.173 e. The molecule has 1 saturated heterocycles. The van der Waals surface area contributed by atoms with Crippen molar-refractivity contribution in [2.24, 2.45) is 0 Å². The molecule has 4 rings (SSSR count). The Bertz CT molecular complexity index is 823. The highest BCUT2D eigenvalue weighted by molar-refractivity contribution is 7.98. The van der Waals surface area contributed by atoms with Gasteiger partial charge in [0.15, 0.2) is 16.6 Å². The predicted octanol–water partition coefficient (Wildman–Crippen LogP) is 3.70. The third kappa shape index (κ3) is 4.09. The van der Waals surface area contributed by atoms with E-state index in [4.69, 9.17) is 21.7 Å². The number of para-hydroxylation sites is 1. The number of hydrogen-bond donors (Lipinski definition) is 1. The molecule has 7 heteroatoms. The van der Waals surface area contributed by atoms with Gasteiger partial charge >= 0.3 is 0 Å². The third-order valence-electron chi connectivity index (χ3n) is 4.79. The van der Waals surface area contributed by atoms with E-state index in [0.29, 0.717) is 13.2 Å². The summed E-state index contributed by atoms with van der Waals surface area (Å²) in [5, 5.41) is 4.09. The van der Waals surface area contributed by atoms with Crippen LogP contribution in [0, 0.1) is 0 Å². The Labute approximate surface area is 169 Å². The number of thiocarbonyl (C=S) groups is 1. The van der Waals surface area contributed by atoms with Crippen LogP contribution in [0.3, 0.4) is 0 Å². The number of hydrogen-bond acceptors (Lipinski definition) is 5. The maximum absolute atomic E-state index is 5.65. The number of fused-ring (bicyclic) bond motifs is 1. The van der Waals surface area contributed by atoms with Gasteiger partial charge in [0, 0.05) is 42.8 Å². The predicted molar refractivity (Wildman–Crippen MR) is 116 cm³/mol. The molecule has 2 aliphatic heterocycles. The highest BCUT2D eigenvalue weighted by atomic mass is 32.2. The highest BCUT2D eigenvalue weighted by Gasteiger charge is 2.21. The molecular weight excluding hydrogens is 378 g/mol. The first-order valence-corrected chi connectivity index (χ1v) is 10.7. The van der Waals surface area contributed by atoms with Gasteiger partial charge in [-0.05, 0) is 42.7 Å². The molecule has 0 unspecified atom stereocenters. The average molecular weight is 402 g/mol. The molecular formula is C20H23N3O2S2. The van der Waals surface area contributed by atoms with Crippen molar-refractivity contribution < 1.29 is 9.47 Å². The summed E-state index contributed by atoms with van der Waals surface area (Å²) in [5.74, 6) is 1.56. The minimum absolute atomic E-state index is 0.584. The molecule has 0 aliphatic carbocycles. The van der Waals surface area contributed by atoms with Crippen molar-refractivity contribution in [1.29, 1.82) is 0 Å². The lowest BCUT2D eigenvalue weighted by atomic mass is 10.2. The normalized spacial score (nSPS) is 16.2. The molecule has 1 N–H and O–H groups in total. The molecule has 0 radical (unpaired) electrons. The van der Waals surface area contributed by atoms with E-state index in [1.54, 1.807) is 11.8 Å². The quantitative estimate of drug-likeness (QED) is 0.621. The summed E-state index contributed by atoms with van der Waals surface area (Å²) in [6.45, 7) is 4.90. The molecule has 5 nitrogen and oxygen atoms in total. The van der Waals surface area contributed by atoms with Crippen LogP contribution in [-0.2, 0) is 0 Å². The van der Waals surface area contributed by atoms with Crippen molar-refractivity contribution in [3.63, 3.8) is 0 Å². The summed E-state index contributed by atoms with van der Waals surface area (Å²) in [5.41, 5.74) is 2.25. The fourth-order valence-corrected chi connectivity index (χ4v) is 4.29. The van der Waals surface area contributed by atoms with Crippen molar-refractivity contribution in [2.75, 3.05) is 55.9 Å². The zero-order valence-corrected chi connectivity index (χ0v) is 16.9. The Morgan fingerprint density at radius 2 is 1.74 bits per heavy atom. The fourth-order valence-electron chi connectivity index (χ4n) is 3.37. The molecule has 2 aromatic carbocycles. The van der Waals surface area contributed by atoms with Gasteiger partial charge in [0.2, 0.25) is 0 Å². The van der Waals surface area contributed by atoms with Gasteiger partial charge in [0.05, 0.1) is 5.69 Å². The molecule has 1 fully saturated rings. The van der Waals surface area contributed by atoms with Crippen LogP contribution >= 0.6 is 24.0 Å². The lowest BCUT2D eigenvalue weighted by molar-refractivity contribution is 0.171. The second-order valence-corrected chi connectivity index (χ2v) is 7.67. The molecule has 27 heavy (non-hydrogen) atoms. The first kappa shape index (κ1) is 18.3. The lowest BCUT2D eigenvalue weighted by Crippen LogP contribution is -2.50. The molecule has 142 valence electrons. The van der Waals surface area contributed by atoms with Gasteiger partial charge < -0.3 is 24.6 Å². The SMILES string of the molecule is CSc1ccccc1N1CCN(C(=S)Nc2ccc3c(c2)OCCO3)CC1. The van der Waals surface area contributed by atoms with Crippen molar-refractivity contribution in [3.05, 3.63) is 42.5 Å². The Morgan fingerprint density at radius 3 is 2.52 bits per heavy atom. The van der Waals surface area contributed by atoms with E-state index in [1.165, 1.54) is 10.6 Å². The number of anilines is 2. The van der Waals surface area contributed by atoms with Gasteiger partial charge in [-0.2, -0.15) is 0 Å². The standard InChI is InChI=1S/C20H23N3O2S2/c1-27-19-5-3-2-4-16(19)22-8-10-23(11-9-22)20(26)21-15-6-7-17-18(14-15)25-13-12-24-17/h2-7,14H,8-13H2,1H3,(H,21,26). The lowest BCUT2D eigenvalue weighted by Gasteiger charge is -2.38. The Kier molecular flexibility index (Phi) is 5.59. The second-order valence-electron chi connectivity index (χ2n) is 6.43. The van der Waals surface area contributed by atoms with Crippen molar-refractivity contribution >= 4 is 40.5 Å². The van der Waals surface area contributed by atoms with Gasteiger partial charge in [-0.15, -0.1) is 11.8 Å². The van der Waals surface area contributed by atoms with Crippen LogP contribution in [0.5, 0.6) is 11.5 Å². The number of thioether (sulfide) groups is 1. The summed E-state index contributed by atoms with van der Waals surface area (Å²) < 4.78 is 11.2. The molecule has 2 aliphatic rings. The van der Waals surface area contributed by atoms with Gasteiger partial charge in [-0.1, -0.05) is 12.1 Å². The van der Waals surface area contributed by atoms with Crippen LogP contribution in [0.2, 0.25) is 0 Å². The summed E-state index contributed by atoms with van der Waals surface area (Å²) in [7, 11) is 0. The summed E-state index contributed by atoms with van der Waals surface area (Å²) in [6.07, 6.45) is 2.13. The Hall–Kier alpha value is -2.12. The minimum Gasteiger partial charge on any atom is -0.486 e. The molecule has 2 aromatic rings. The molecule has 0 saturated carbocycles. The van der Waals surface area contributed by atoms with Crippen molar-refractivity contribution in [1.82, 2.24) is 4.90 Å². The van der Waals surface area contributed by atoms with Crippen LogP contribution in [0.15, 0.2) is 47.4 Å². The third-order valence-corrected chi connectivity index (χ3v) is 5.93. The van der Waals surface area contributed by atoms with Crippen LogP contribution < -0.4 is 19.7 Å². The van der Waals surface area contributed by atoms with E-state index < -0.39 is 0 Å². The monoisotopic (exact) mass is 401 g/mol. The summed E-state index contributed by atoms with van der Waals surface area (Å²) in [6, 6.07) is 14.4. The van der Waals surface area contributed by atoms with E-state index in [9.17, 15) is 0 Å². The fraction of sp³-hybridized carbons (Fsp3) is 0.350. The van der Waals surface area contributed by atoms with Crippen molar-refractivity contribution in [2.45, 2.75) is 4.90 Å².